The Labute approximate surface area is 104 Å². The van der Waals surface area contributed by atoms with Crippen LogP contribution in [0.4, 0.5) is 0 Å². The first kappa shape index (κ1) is 15.9. The van der Waals surface area contributed by atoms with E-state index in [0.717, 1.165) is 12.8 Å². The van der Waals surface area contributed by atoms with E-state index < -0.39 is 12.0 Å². The molecule has 0 aliphatic rings. The van der Waals surface area contributed by atoms with E-state index in [4.69, 9.17) is 5.11 Å². The number of rotatable bonds is 10. The Hall–Kier alpha value is -1.06. The maximum absolute atomic E-state index is 11.3. The number of carboxylic acids is 1. The third kappa shape index (κ3) is 9.85. The molecule has 1 amide bonds. The van der Waals surface area contributed by atoms with Crippen LogP contribution in [0.15, 0.2) is 0 Å². The first-order valence-corrected chi connectivity index (χ1v) is 6.60. The molecule has 1 atom stereocenters. The molecule has 0 spiro atoms. The van der Waals surface area contributed by atoms with Gasteiger partial charge in [-0.15, -0.1) is 0 Å². The van der Waals surface area contributed by atoms with Crippen LogP contribution in [0.1, 0.15) is 65.2 Å². The highest BCUT2D eigenvalue weighted by atomic mass is 16.4. The number of nitrogens with one attached hydrogen (secondary N) is 1. The minimum atomic E-state index is -0.988. The maximum atomic E-state index is 11.3. The van der Waals surface area contributed by atoms with Crippen molar-refractivity contribution >= 4 is 11.9 Å². The van der Waals surface area contributed by atoms with Crippen molar-refractivity contribution in [2.45, 2.75) is 71.3 Å². The summed E-state index contributed by atoms with van der Waals surface area (Å²) in [7, 11) is 0. The van der Waals surface area contributed by atoms with Gasteiger partial charge in [-0.1, -0.05) is 45.4 Å². The minimum absolute atomic E-state index is 0.159. The molecule has 0 aromatic carbocycles. The lowest BCUT2D eigenvalue weighted by atomic mass is 10.1. The first-order valence-electron chi connectivity index (χ1n) is 6.60. The fourth-order valence-corrected chi connectivity index (χ4v) is 1.62. The zero-order chi connectivity index (χ0) is 13.1. The number of aliphatic carboxylic acids is 1. The van der Waals surface area contributed by atoms with Crippen LogP contribution in [-0.2, 0) is 9.59 Å². The summed E-state index contributed by atoms with van der Waals surface area (Å²) in [5.41, 5.74) is 0. The lowest BCUT2D eigenvalue weighted by molar-refractivity contribution is -0.141. The maximum Gasteiger partial charge on any atom is 0.325 e. The second-order valence-electron chi connectivity index (χ2n) is 4.50. The van der Waals surface area contributed by atoms with Crippen LogP contribution in [0.5, 0.6) is 0 Å². The molecule has 0 heterocycles. The van der Waals surface area contributed by atoms with Gasteiger partial charge in [-0.3, -0.25) is 9.59 Å². The van der Waals surface area contributed by atoms with Crippen molar-refractivity contribution in [1.29, 1.82) is 0 Å². The van der Waals surface area contributed by atoms with E-state index in [9.17, 15) is 9.59 Å². The van der Waals surface area contributed by atoms with E-state index in [0.29, 0.717) is 6.42 Å². The highest BCUT2D eigenvalue weighted by Gasteiger charge is 2.12. The fraction of sp³-hybridized carbons (Fsp3) is 0.846. The second-order valence-corrected chi connectivity index (χ2v) is 4.50. The van der Waals surface area contributed by atoms with Crippen molar-refractivity contribution in [1.82, 2.24) is 5.32 Å². The van der Waals surface area contributed by atoms with Gasteiger partial charge in [0.05, 0.1) is 0 Å². The van der Waals surface area contributed by atoms with Gasteiger partial charge in [-0.05, 0) is 13.3 Å². The van der Waals surface area contributed by atoms with E-state index in [1.807, 2.05) is 0 Å². The average molecular weight is 243 g/mol. The molecule has 17 heavy (non-hydrogen) atoms. The van der Waals surface area contributed by atoms with Crippen LogP contribution in [0.2, 0.25) is 0 Å². The molecule has 0 fully saturated rings. The molecule has 0 aromatic rings. The van der Waals surface area contributed by atoms with Gasteiger partial charge in [-0.25, -0.2) is 0 Å². The Morgan fingerprint density at radius 1 is 1.06 bits per heavy atom. The van der Waals surface area contributed by atoms with Gasteiger partial charge in [0.15, 0.2) is 0 Å². The molecule has 0 saturated carbocycles. The van der Waals surface area contributed by atoms with E-state index in [-0.39, 0.29) is 5.91 Å². The molecule has 4 nitrogen and oxygen atoms in total. The number of unbranched alkanes of at least 4 members (excludes halogenated alkanes) is 6. The molecule has 4 heteroatoms. The van der Waals surface area contributed by atoms with Gasteiger partial charge >= 0.3 is 5.97 Å². The Morgan fingerprint density at radius 3 is 2.12 bits per heavy atom. The molecule has 0 bridgehead atoms. The largest absolute Gasteiger partial charge is 0.480 e. The number of amides is 1. The molecule has 0 aliphatic heterocycles. The highest BCUT2D eigenvalue weighted by Crippen LogP contribution is 2.08. The third-order valence-corrected chi connectivity index (χ3v) is 2.76. The molecular weight excluding hydrogens is 218 g/mol. The van der Waals surface area contributed by atoms with E-state index in [2.05, 4.69) is 12.2 Å². The van der Waals surface area contributed by atoms with Gasteiger partial charge in [-0.2, -0.15) is 0 Å². The van der Waals surface area contributed by atoms with Crippen molar-refractivity contribution < 1.29 is 14.7 Å². The van der Waals surface area contributed by atoms with E-state index in [1.165, 1.54) is 39.0 Å². The lowest BCUT2D eigenvalue weighted by Crippen LogP contribution is -2.38. The van der Waals surface area contributed by atoms with Crippen molar-refractivity contribution in [3.63, 3.8) is 0 Å². The Bertz CT molecular complexity index is 229. The predicted octanol–water partition coefficient (Wildman–Crippen LogP) is 2.72. The molecule has 0 saturated heterocycles. The van der Waals surface area contributed by atoms with Gasteiger partial charge in [0, 0.05) is 6.42 Å². The number of carboxylic acid groups (broad SMARTS) is 1. The van der Waals surface area contributed by atoms with Gasteiger partial charge < -0.3 is 10.4 Å². The summed E-state index contributed by atoms with van der Waals surface area (Å²) in [4.78, 5) is 21.8. The quantitative estimate of drug-likeness (QED) is 0.580. The molecule has 0 unspecified atom stereocenters. The van der Waals surface area contributed by atoms with Crippen LogP contribution >= 0.6 is 0 Å². The predicted molar refractivity (Wildman–Crippen MR) is 67.9 cm³/mol. The Balaban J connectivity index is 3.36. The first-order chi connectivity index (χ1) is 8.07. The second kappa shape index (κ2) is 10.1. The van der Waals surface area contributed by atoms with E-state index >= 15 is 0 Å². The number of carbonyl (C=O) groups excluding carboxylic acids is 1. The topological polar surface area (TPSA) is 66.4 Å². The smallest absolute Gasteiger partial charge is 0.325 e. The Kier molecular flexibility index (Phi) is 9.49. The Morgan fingerprint density at radius 2 is 1.59 bits per heavy atom. The average Bonchev–Trinajstić information content (AvgIpc) is 2.27. The molecule has 0 aliphatic carbocycles. The van der Waals surface area contributed by atoms with Gasteiger partial charge in [0.2, 0.25) is 5.91 Å². The van der Waals surface area contributed by atoms with Crippen LogP contribution in [-0.4, -0.2) is 23.0 Å². The molecule has 100 valence electrons. The summed E-state index contributed by atoms with van der Waals surface area (Å²) in [6.45, 7) is 3.67. The van der Waals surface area contributed by atoms with Gasteiger partial charge in [0.25, 0.3) is 0 Å². The summed E-state index contributed by atoms with van der Waals surface area (Å²) in [6.07, 6.45) is 8.56. The molecule has 0 rings (SSSR count). The van der Waals surface area contributed by atoms with Crippen molar-refractivity contribution in [3.8, 4) is 0 Å². The highest BCUT2D eigenvalue weighted by molar-refractivity contribution is 5.83. The normalized spacial score (nSPS) is 12.1. The van der Waals surface area contributed by atoms with Crippen LogP contribution in [0.3, 0.4) is 0 Å². The van der Waals surface area contributed by atoms with E-state index in [1.54, 1.807) is 0 Å². The fourth-order valence-electron chi connectivity index (χ4n) is 1.62. The summed E-state index contributed by atoms with van der Waals surface area (Å²) in [5, 5.41) is 11.1. The molecule has 2 N–H and O–H groups in total. The molecular formula is C13H25NO3. The summed E-state index contributed by atoms with van der Waals surface area (Å²) in [6, 6.07) is -0.785. The minimum Gasteiger partial charge on any atom is -0.480 e. The van der Waals surface area contributed by atoms with Crippen LogP contribution in [0.25, 0.3) is 0 Å². The third-order valence-electron chi connectivity index (χ3n) is 2.76. The van der Waals surface area contributed by atoms with Crippen LogP contribution < -0.4 is 5.32 Å². The monoisotopic (exact) mass is 243 g/mol. The zero-order valence-corrected chi connectivity index (χ0v) is 11.0. The number of hydrogen-bond donors (Lipinski definition) is 2. The summed E-state index contributed by atoms with van der Waals surface area (Å²) in [5.74, 6) is -1.15. The summed E-state index contributed by atoms with van der Waals surface area (Å²) < 4.78 is 0. The number of hydrogen-bond acceptors (Lipinski definition) is 2. The van der Waals surface area contributed by atoms with Crippen molar-refractivity contribution in [2.75, 3.05) is 0 Å². The van der Waals surface area contributed by atoms with Crippen molar-refractivity contribution in [2.24, 2.45) is 0 Å². The lowest BCUT2D eigenvalue weighted by Gasteiger charge is -2.08. The standard InChI is InChI=1S/C13H25NO3/c1-3-4-5-6-7-8-9-10-12(15)14-11(2)13(16)17/h11H,3-10H2,1-2H3,(H,14,15)(H,16,17)/t11-/m0/s1. The summed E-state index contributed by atoms with van der Waals surface area (Å²) >= 11 is 0. The molecule has 0 aromatic heterocycles. The zero-order valence-electron chi connectivity index (χ0n) is 11.0. The van der Waals surface area contributed by atoms with Crippen LogP contribution in [0, 0.1) is 0 Å². The number of carbonyl (C=O) groups is 2. The molecule has 0 radical (unpaired) electrons. The SMILES string of the molecule is CCCCCCCCCC(=O)N[C@@H](C)C(=O)O. The van der Waals surface area contributed by atoms with Crippen molar-refractivity contribution in [3.05, 3.63) is 0 Å². The van der Waals surface area contributed by atoms with Gasteiger partial charge in [0.1, 0.15) is 6.04 Å².